The van der Waals surface area contributed by atoms with Crippen LogP contribution in [0.25, 0.3) is 0 Å². The van der Waals surface area contributed by atoms with E-state index in [-0.39, 0.29) is 24.6 Å². The zero-order valence-electron chi connectivity index (χ0n) is 13.0. The molecule has 2 N–H and O–H groups in total. The molecule has 0 saturated carbocycles. The molecule has 0 bridgehead atoms. The lowest BCUT2D eigenvalue weighted by Gasteiger charge is -2.20. The van der Waals surface area contributed by atoms with Crippen LogP contribution >= 0.6 is 0 Å². The summed E-state index contributed by atoms with van der Waals surface area (Å²) in [5.74, 6) is -1.51. The number of hydrogen-bond donors (Lipinski definition) is 2. The molecule has 7 nitrogen and oxygen atoms in total. The van der Waals surface area contributed by atoms with E-state index in [4.69, 9.17) is 9.47 Å². The number of carbonyl (C=O) groups is 3. The van der Waals surface area contributed by atoms with Crippen molar-refractivity contribution in [2.24, 2.45) is 0 Å². The molecule has 0 aromatic carbocycles. The number of rotatable bonds is 8. The summed E-state index contributed by atoms with van der Waals surface area (Å²) in [5, 5.41) is 5.05. The van der Waals surface area contributed by atoms with Crippen LogP contribution in [0.5, 0.6) is 0 Å². The van der Waals surface area contributed by atoms with Crippen molar-refractivity contribution in [3.05, 3.63) is 12.7 Å². The number of esters is 1. The van der Waals surface area contributed by atoms with Gasteiger partial charge in [0, 0.05) is 5.54 Å². The molecule has 2 amide bonds. The van der Waals surface area contributed by atoms with Crippen LogP contribution in [0.1, 0.15) is 27.7 Å². The minimum atomic E-state index is -0.778. The second-order valence-corrected chi connectivity index (χ2v) is 5.45. The van der Waals surface area contributed by atoms with Crippen molar-refractivity contribution in [3.63, 3.8) is 0 Å². The minimum Gasteiger partial charge on any atom is -0.454 e. The average Bonchev–Trinajstić information content (AvgIpc) is 2.37. The van der Waals surface area contributed by atoms with Gasteiger partial charge in [-0.25, -0.2) is 4.79 Å². The summed E-state index contributed by atoms with van der Waals surface area (Å²) < 4.78 is 9.80. The maximum atomic E-state index is 11.5. The Morgan fingerprint density at radius 2 is 1.86 bits per heavy atom. The molecule has 0 aliphatic heterocycles. The van der Waals surface area contributed by atoms with Gasteiger partial charge in [0.05, 0.1) is 13.2 Å². The quantitative estimate of drug-likeness (QED) is 0.492. The van der Waals surface area contributed by atoms with Gasteiger partial charge >= 0.3 is 5.97 Å². The molecule has 0 heterocycles. The molecule has 0 aromatic heterocycles. The second-order valence-electron chi connectivity index (χ2n) is 5.45. The van der Waals surface area contributed by atoms with Crippen LogP contribution in [-0.2, 0) is 23.9 Å². The summed E-state index contributed by atoms with van der Waals surface area (Å²) in [7, 11) is 0. The monoisotopic (exact) mass is 300 g/mol. The van der Waals surface area contributed by atoms with Gasteiger partial charge in [-0.1, -0.05) is 6.08 Å². The van der Waals surface area contributed by atoms with E-state index < -0.39 is 24.6 Å². The van der Waals surface area contributed by atoms with Gasteiger partial charge in [0.2, 0.25) is 5.91 Å². The molecule has 21 heavy (non-hydrogen) atoms. The van der Waals surface area contributed by atoms with Gasteiger partial charge in [0.25, 0.3) is 5.91 Å². The molecule has 120 valence electrons. The molecule has 0 aliphatic rings. The van der Waals surface area contributed by atoms with Gasteiger partial charge in [-0.3, -0.25) is 9.59 Å². The minimum absolute atomic E-state index is 0.170. The first-order valence-corrected chi connectivity index (χ1v) is 6.62. The predicted octanol–water partition coefficient (Wildman–Crippen LogP) is 0.152. The van der Waals surface area contributed by atoms with Crippen LogP contribution in [0, 0.1) is 0 Å². The second kappa shape index (κ2) is 9.12. The summed E-state index contributed by atoms with van der Waals surface area (Å²) in [5.41, 5.74) is -0.369. The normalized spacial score (nSPS) is 12.2. The number of carbonyl (C=O) groups excluding carboxylic acids is 3. The Hall–Kier alpha value is -1.89. The zero-order valence-corrected chi connectivity index (χ0v) is 13.0. The third-order valence-corrected chi connectivity index (χ3v) is 2.10. The molecule has 0 radical (unpaired) electrons. The van der Waals surface area contributed by atoms with Crippen molar-refractivity contribution in [3.8, 4) is 0 Å². The van der Waals surface area contributed by atoms with Crippen molar-refractivity contribution in [2.75, 3.05) is 19.8 Å². The van der Waals surface area contributed by atoms with E-state index >= 15 is 0 Å². The molecule has 0 rings (SSSR count). The molecular formula is C14H24N2O5. The van der Waals surface area contributed by atoms with Crippen LogP contribution in [0.15, 0.2) is 12.7 Å². The molecule has 1 atom stereocenters. The first kappa shape index (κ1) is 19.1. The zero-order chi connectivity index (χ0) is 16.5. The molecule has 0 aliphatic carbocycles. The Morgan fingerprint density at radius 3 is 2.38 bits per heavy atom. The Kier molecular flexibility index (Phi) is 8.30. The largest absolute Gasteiger partial charge is 0.454 e. The Morgan fingerprint density at radius 1 is 1.24 bits per heavy atom. The Labute approximate surface area is 125 Å². The van der Waals surface area contributed by atoms with Crippen LogP contribution in [0.4, 0.5) is 0 Å². The van der Waals surface area contributed by atoms with Crippen molar-refractivity contribution in [1.82, 2.24) is 10.6 Å². The lowest BCUT2D eigenvalue weighted by molar-refractivity contribution is -0.158. The number of nitrogens with one attached hydrogen (secondary N) is 2. The molecular weight excluding hydrogens is 276 g/mol. The van der Waals surface area contributed by atoms with Crippen LogP contribution in [-0.4, -0.2) is 49.2 Å². The van der Waals surface area contributed by atoms with Crippen molar-refractivity contribution < 1.29 is 23.9 Å². The van der Waals surface area contributed by atoms with Crippen LogP contribution < -0.4 is 10.6 Å². The molecule has 7 heteroatoms. The third kappa shape index (κ3) is 10.5. The molecule has 1 unspecified atom stereocenters. The number of ether oxygens (including phenoxy) is 2. The molecule has 0 fully saturated rings. The molecule has 0 spiro atoms. The van der Waals surface area contributed by atoms with E-state index in [1.807, 2.05) is 20.8 Å². The van der Waals surface area contributed by atoms with E-state index in [1.54, 1.807) is 0 Å². The highest BCUT2D eigenvalue weighted by Crippen LogP contribution is 1.97. The lowest BCUT2D eigenvalue weighted by atomic mass is 10.1. The third-order valence-electron chi connectivity index (χ3n) is 2.10. The van der Waals surface area contributed by atoms with E-state index in [1.165, 1.54) is 13.0 Å². The summed E-state index contributed by atoms with van der Waals surface area (Å²) in [6.07, 6.45) is 0.726. The van der Waals surface area contributed by atoms with E-state index in [0.29, 0.717) is 0 Å². The smallest absolute Gasteiger partial charge is 0.335 e. The fraction of sp³-hybridized carbons (Fsp3) is 0.643. The van der Waals surface area contributed by atoms with Gasteiger partial charge in [0.1, 0.15) is 0 Å². The fourth-order valence-corrected chi connectivity index (χ4v) is 1.23. The van der Waals surface area contributed by atoms with Gasteiger partial charge in [-0.2, -0.15) is 0 Å². The van der Waals surface area contributed by atoms with Gasteiger partial charge in [-0.15, -0.1) is 6.58 Å². The summed E-state index contributed by atoms with van der Waals surface area (Å²) in [6, 6.07) is 0. The standard InChI is InChI=1S/C14H24N2O5/c1-6-7-20-10(2)13(19)21-9-12(18)15-8-11(17)16-14(3,4)5/h6,10H,1,7-9H2,2-5H3,(H,15,18)(H,16,17). The number of amides is 2. The molecule has 0 aromatic rings. The van der Waals surface area contributed by atoms with E-state index in [0.717, 1.165) is 0 Å². The average molecular weight is 300 g/mol. The van der Waals surface area contributed by atoms with Gasteiger partial charge in [0.15, 0.2) is 12.7 Å². The first-order chi connectivity index (χ1) is 9.65. The lowest BCUT2D eigenvalue weighted by Crippen LogP contribution is -2.46. The van der Waals surface area contributed by atoms with Crippen LogP contribution in [0.2, 0.25) is 0 Å². The highest BCUT2D eigenvalue weighted by atomic mass is 16.6. The maximum absolute atomic E-state index is 11.5. The van der Waals surface area contributed by atoms with Gasteiger partial charge in [-0.05, 0) is 27.7 Å². The Bertz CT molecular complexity index is 387. The van der Waals surface area contributed by atoms with E-state index in [9.17, 15) is 14.4 Å². The fourth-order valence-electron chi connectivity index (χ4n) is 1.23. The SMILES string of the molecule is C=CCOC(C)C(=O)OCC(=O)NCC(=O)NC(C)(C)C. The molecule has 0 saturated heterocycles. The number of hydrogen-bond acceptors (Lipinski definition) is 5. The van der Waals surface area contributed by atoms with Crippen molar-refractivity contribution in [2.45, 2.75) is 39.3 Å². The topological polar surface area (TPSA) is 93.7 Å². The maximum Gasteiger partial charge on any atom is 0.335 e. The van der Waals surface area contributed by atoms with Crippen molar-refractivity contribution >= 4 is 17.8 Å². The summed E-state index contributed by atoms with van der Waals surface area (Å²) in [6.45, 7) is 10.1. The van der Waals surface area contributed by atoms with Crippen molar-refractivity contribution in [1.29, 1.82) is 0 Å². The first-order valence-electron chi connectivity index (χ1n) is 6.62. The van der Waals surface area contributed by atoms with E-state index in [2.05, 4.69) is 17.2 Å². The highest BCUT2D eigenvalue weighted by molar-refractivity contribution is 5.86. The Balaban J connectivity index is 3.92. The van der Waals surface area contributed by atoms with Crippen LogP contribution in [0.3, 0.4) is 0 Å². The summed E-state index contributed by atoms with van der Waals surface area (Å²) in [4.78, 5) is 34.3. The highest BCUT2D eigenvalue weighted by Gasteiger charge is 2.17. The summed E-state index contributed by atoms with van der Waals surface area (Å²) >= 11 is 0. The van der Waals surface area contributed by atoms with Gasteiger partial charge < -0.3 is 20.1 Å². The predicted molar refractivity (Wildman–Crippen MR) is 77.5 cm³/mol.